The van der Waals surface area contributed by atoms with Crippen LogP contribution in [0.5, 0.6) is 5.75 Å². The van der Waals surface area contributed by atoms with Gasteiger partial charge in [0.1, 0.15) is 5.75 Å². The van der Waals surface area contributed by atoms with Crippen molar-refractivity contribution in [1.29, 1.82) is 0 Å². The molecule has 100 valence electrons. The fourth-order valence-electron chi connectivity index (χ4n) is 2.34. The monoisotopic (exact) mass is 259 g/mol. The van der Waals surface area contributed by atoms with Gasteiger partial charge in [0, 0.05) is 6.42 Å². The molecule has 3 rings (SSSR count). The van der Waals surface area contributed by atoms with E-state index in [4.69, 9.17) is 4.52 Å². The molecule has 2 aromatic rings. The Kier molecular flexibility index (Phi) is 3.46. The molecule has 2 heterocycles. The molecule has 5 nitrogen and oxygen atoms in total. The summed E-state index contributed by atoms with van der Waals surface area (Å²) in [7, 11) is 0. The third-order valence-electron chi connectivity index (χ3n) is 3.39. The Morgan fingerprint density at radius 1 is 1.26 bits per heavy atom. The van der Waals surface area contributed by atoms with E-state index in [1.54, 1.807) is 12.1 Å². The number of aromatic hydroxyl groups is 1. The van der Waals surface area contributed by atoms with Gasteiger partial charge in [0.2, 0.25) is 5.89 Å². The molecule has 2 N–H and O–H groups in total. The number of nitrogens with zero attached hydrogens (tertiary/aromatic N) is 2. The van der Waals surface area contributed by atoms with E-state index < -0.39 is 0 Å². The molecule has 0 amide bonds. The first-order chi connectivity index (χ1) is 9.31. The number of phenols is 1. The number of hydrogen-bond acceptors (Lipinski definition) is 5. The summed E-state index contributed by atoms with van der Waals surface area (Å²) in [5, 5.41) is 16.7. The average Bonchev–Trinajstić information content (AvgIpc) is 2.91. The van der Waals surface area contributed by atoms with E-state index in [2.05, 4.69) is 15.5 Å². The summed E-state index contributed by atoms with van der Waals surface area (Å²) in [5.74, 6) is 1.64. The second-order valence-corrected chi connectivity index (χ2v) is 4.89. The van der Waals surface area contributed by atoms with Crippen LogP contribution in [0.1, 0.15) is 42.6 Å². The summed E-state index contributed by atoms with van der Waals surface area (Å²) in [6.45, 7) is 1.01. The lowest BCUT2D eigenvalue weighted by Gasteiger charge is -2.19. The molecule has 1 aliphatic heterocycles. The van der Waals surface area contributed by atoms with Gasteiger partial charge in [0.15, 0.2) is 5.82 Å². The van der Waals surface area contributed by atoms with E-state index in [1.807, 2.05) is 12.1 Å². The molecular formula is C14H17N3O2. The number of phenolic OH excluding ortho intramolecular Hbond substituents is 1. The third-order valence-corrected chi connectivity index (χ3v) is 3.39. The molecular weight excluding hydrogens is 242 g/mol. The van der Waals surface area contributed by atoms with E-state index in [1.165, 1.54) is 12.8 Å². The maximum Gasteiger partial charge on any atom is 0.243 e. The van der Waals surface area contributed by atoms with E-state index >= 15 is 0 Å². The lowest BCUT2D eigenvalue weighted by Crippen LogP contribution is -2.27. The van der Waals surface area contributed by atoms with Gasteiger partial charge in [0.25, 0.3) is 0 Å². The predicted octanol–water partition coefficient (Wildman–Crippen LogP) is 2.18. The third kappa shape index (κ3) is 2.93. The molecule has 0 bridgehead atoms. The van der Waals surface area contributed by atoms with Crippen LogP contribution in [0.25, 0.3) is 0 Å². The molecule has 0 aliphatic carbocycles. The maximum absolute atomic E-state index is 9.24. The minimum Gasteiger partial charge on any atom is -0.508 e. The van der Waals surface area contributed by atoms with Crippen LogP contribution in [0, 0.1) is 0 Å². The van der Waals surface area contributed by atoms with Gasteiger partial charge in [-0.1, -0.05) is 23.7 Å². The van der Waals surface area contributed by atoms with Crippen molar-refractivity contribution in [2.75, 3.05) is 6.54 Å². The van der Waals surface area contributed by atoms with Gasteiger partial charge < -0.3 is 14.9 Å². The Hall–Kier alpha value is -1.88. The first kappa shape index (κ1) is 12.2. The van der Waals surface area contributed by atoms with Gasteiger partial charge in [-0.05, 0) is 37.1 Å². The van der Waals surface area contributed by atoms with E-state index in [0.29, 0.717) is 18.1 Å². The topological polar surface area (TPSA) is 71.2 Å². The number of rotatable bonds is 3. The fraction of sp³-hybridized carbons (Fsp3) is 0.429. The van der Waals surface area contributed by atoms with Crippen LogP contribution in [-0.4, -0.2) is 21.8 Å². The van der Waals surface area contributed by atoms with Crippen molar-refractivity contribution in [2.24, 2.45) is 0 Å². The molecule has 1 atom stereocenters. The quantitative estimate of drug-likeness (QED) is 0.884. The smallest absolute Gasteiger partial charge is 0.243 e. The van der Waals surface area contributed by atoms with Crippen LogP contribution in [-0.2, 0) is 6.42 Å². The Balaban J connectivity index is 1.68. The SMILES string of the molecule is Oc1ccc(Cc2noc(C3CCCCN3)n2)cc1. The van der Waals surface area contributed by atoms with E-state index in [0.717, 1.165) is 18.5 Å². The number of benzene rings is 1. The summed E-state index contributed by atoms with van der Waals surface area (Å²) in [5.41, 5.74) is 1.06. The first-order valence-corrected chi connectivity index (χ1v) is 6.65. The summed E-state index contributed by atoms with van der Waals surface area (Å²) < 4.78 is 5.33. The average molecular weight is 259 g/mol. The van der Waals surface area contributed by atoms with Gasteiger partial charge in [-0.3, -0.25) is 0 Å². The van der Waals surface area contributed by atoms with Crippen LogP contribution in [0.4, 0.5) is 0 Å². The Bertz CT molecular complexity index is 530. The molecule has 0 saturated carbocycles. The maximum atomic E-state index is 9.24. The zero-order valence-corrected chi connectivity index (χ0v) is 10.7. The molecule has 1 unspecified atom stereocenters. The normalized spacial score (nSPS) is 19.5. The number of aromatic nitrogens is 2. The summed E-state index contributed by atoms with van der Waals surface area (Å²) in [4.78, 5) is 4.45. The second kappa shape index (κ2) is 5.40. The van der Waals surface area contributed by atoms with Crippen molar-refractivity contribution in [3.8, 4) is 5.75 Å². The van der Waals surface area contributed by atoms with Gasteiger partial charge in [-0.2, -0.15) is 4.98 Å². The minimum atomic E-state index is 0.204. The van der Waals surface area contributed by atoms with Crippen molar-refractivity contribution in [1.82, 2.24) is 15.5 Å². The lowest BCUT2D eigenvalue weighted by atomic mass is 10.1. The van der Waals surface area contributed by atoms with Crippen molar-refractivity contribution < 1.29 is 9.63 Å². The Morgan fingerprint density at radius 3 is 2.84 bits per heavy atom. The van der Waals surface area contributed by atoms with Crippen molar-refractivity contribution in [3.05, 3.63) is 41.5 Å². The minimum absolute atomic E-state index is 0.204. The van der Waals surface area contributed by atoms with Crippen LogP contribution >= 0.6 is 0 Å². The highest BCUT2D eigenvalue weighted by molar-refractivity contribution is 5.27. The zero-order valence-electron chi connectivity index (χ0n) is 10.7. The number of nitrogens with one attached hydrogen (secondary N) is 1. The van der Waals surface area contributed by atoms with E-state index in [9.17, 15) is 5.11 Å². The summed E-state index contributed by atoms with van der Waals surface area (Å²) >= 11 is 0. The first-order valence-electron chi connectivity index (χ1n) is 6.65. The summed E-state index contributed by atoms with van der Waals surface area (Å²) in [6, 6.07) is 7.27. The highest BCUT2D eigenvalue weighted by Gasteiger charge is 2.20. The Labute approximate surface area is 111 Å². The highest BCUT2D eigenvalue weighted by atomic mass is 16.5. The van der Waals surface area contributed by atoms with Crippen molar-refractivity contribution >= 4 is 0 Å². The Morgan fingerprint density at radius 2 is 2.11 bits per heavy atom. The standard InChI is InChI=1S/C14H17N3O2/c18-11-6-4-10(5-7-11)9-13-16-14(19-17-13)12-3-1-2-8-15-12/h4-7,12,15,18H,1-3,8-9H2. The molecule has 0 spiro atoms. The molecule has 1 saturated heterocycles. The van der Waals surface area contributed by atoms with Crippen molar-refractivity contribution in [3.63, 3.8) is 0 Å². The van der Waals surface area contributed by atoms with Crippen LogP contribution in [0.2, 0.25) is 0 Å². The van der Waals surface area contributed by atoms with Gasteiger partial charge in [-0.15, -0.1) is 0 Å². The molecule has 1 aromatic heterocycles. The molecule has 1 aliphatic rings. The van der Waals surface area contributed by atoms with Gasteiger partial charge >= 0.3 is 0 Å². The van der Waals surface area contributed by atoms with Crippen molar-refractivity contribution in [2.45, 2.75) is 31.7 Å². The van der Waals surface area contributed by atoms with Crippen LogP contribution in [0.3, 0.4) is 0 Å². The van der Waals surface area contributed by atoms with Crippen LogP contribution in [0.15, 0.2) is 28.8 Å². The zero-order chi connectivity index (χ0) is 13.1. The van der Waals surface area contributed by atoms with Gasteiger partial charge in [-0.25, -0.2) is 0 Å². The molecule has 5 heteroatoms. The lowest BCUT2D eigenvalue weighted by molar-refractivity contribution is 0.296. The van der Waals surface area contributed by atoms with E-state index in [-0.39, 0.29) is 11.8 Å². The van der Waals surface area contributed by atoms with Gasteiger partial charge in [0.05, 0.1) is 6.04 Å². The molecule has 0 radical (unpaired) electrons. The molecule has 1 fully saturated rings. The molecule has 1 aromatic carbocycles. The largest absolute Gasteiger partial charge is 0.508 e. The highest BCUT2D eigenvalue weighted by Crippen LogP contribution is 2.21. The second-order valence-electron chi connectivity index (χ2n) is 4.89. The number of piperidine rings is 1. The predicted molar refractivity (Wildman–Crippen MR) is 69.8 cm³/mol. The molecule has 19 heavy (non-hydrogen) atoms. The van der Waals surface area contributed by atoms with Crippen LogP contribution < -0.4 is 5.32 Å². The summed E-state index contributed by atoms with van der Waals surface area (Å²) in [6.07, 6.45) is 4.09. The fourth-order valence-corrected chi connectivity index (χ4v) is 2.34. The number of hydrogen-bond donors (Lipinski definition) is 2.